The summed E-state index contributed by atoms with van der Waals surface area (Å²) < 4.78 is 3.16. The van der Waals surface area contributed by atoms with E-state index in [4.69, 9.17) is 11.6 Å². The van der Waals surface area contributed by atoms with Crippen molar-refractivity contribution in [1.82, 2.24) is 15.1 Å². The summed E-state index contributed by atoms with van der Waals surface area (Å²) in [6.45, 7) is 2.87. The van der Waals surface area contributed by atoms with Gasteiger partial charge in [0.2, 0.25) is 0 Å². The fourth-order valence-electron chi connectivity index (χ4n) is 2.03. The van der Waals surface area contributed by atoms with E-state index in [2.05, 4.69) is 64.2 Å². The Balaban J connectivity index is 2.44. The van der Waals surface area contributed by atoms with Gasteiger partial charge in [0.15, 0.2) is 0 Å². The normalized spacial score (nSPS) is 12.7. The molecule has 0 saturated heterocycles. The molecule has 1 heterocycles. The molecule has 0 aliphatic carbocycles. The van der Waals surface area contributed by atoms with Gasteiger partial charge < -0.3 is 5.32 Å². The summed E-state index contributed by atoms with van der Waals surface area (Å²) in [6, 6.07) is 8.50. The van der Waals surface area contributed by atoms with Crippen LogP contribution in [0.3, 0.4) is 0 Å². The number of benzene rings is 1. The van der Waals surface area contributed by atoms with E-state index in [0.29, 0.717) is 5.02 Å². The zero-order chi connectivity index (χ0) is 13.1. The molecule has 0 bridgehead atoms. The van der Waals surface area contributed by atoms with Crippen LogP contribution in [0.5, 0.6) is 0 Å². The van der Waals surface area contributed by atoms with Crippen molar-refractivity contribution in [2.75, 3.05) is 7.05 Å². The van der Waals surface area contributed by atoms with E-state index in [-0.39, 0.29) is 6.04 Å². The Morgan fingerprint density at radius 1 is 1.39 bits per heavy atom. The predicted molar refractivity (Wildman–Crippen MR) is 83.0 cm³/mol. The zero-order valence-electron chi connectivity index (χ0n) is 10.3. The van der Waals surface area contributed by atoms with E-state index in [1.54, 1.807) is 6.20 Å². The van der Waals surface area contributed by atoms with Gasteiger partial charge in [-0.1, -0.05) is 23.7 Å². The van der Waals surface area contributed by atoms with Crippen LogP contribution in [0, 0.1) is 3.57 Å². The lowest BCUT2D eigenvalue weighted by molar-refractivity contribution is 0.563. The number of nitrogens with one attached hydrogen (secondary N) is 1. The Labute approximate surface area is 126 Å². The lowest BCUT2D eigenvalue weighted by Gasteiger charge is -2.18. The number of nitrogens with zero attached hydrogens (tertiary/aromatic N) is 2. The zero-order valence-corrected chi connectivity index (χ0v) is 13.2. The maximum atomic E-state index is 6.25. The standard InChI is InChI=1S/C13H15ClIN3/c1-3-18-13(11(14)8-17-18)12(16-2)9-4-6-10(15)7-5-9/h4-8,12,16H,3H2,1-2H3. The Morgan fingerprint density at radius 3 is 2.61 bits per heavy atom. The van der Waals surface area contributed by atoms with Crippen molar-refractivity contribution < 1.29 is 0 Å². The minimum Gasteiger partial charge on any atom is -0.308 e. The first-order chi connectivity index (χ1) is 8.67. The average molecular weight is 376 g/mol. The second-order valence-electron chi connectivity index (χ2n) is 3.97. The maximum absolute atomic E-state index is 6.25. The first kappa shape index (κ1) is 13.8. The van der Waals surface area contributed by atoms with Crippen LogP contribution in [0.2, 0.25) is 5.02 Å². The molecule has 0 aliphatic rings. The summed E-state index contributed by atoms with van der Waals surface area (Å²) in [4.78, 5) is 0. The SMILES string of the molecule is CCn1ncc(Cl)c1C(NC)c1ccc(I)cc1. The smallest absolute Gasteiger partial charge is 0.0837 e. The van der Waals surface area contributed by atoms with E-state index in [0.717, 1.165) is 12.2 Å². The molecule has 3 nitrogen and oxygen atoms in total. The van der Waals surface area contributed by atoms with Crippen LogP contribution in [0.1, 0.15) is 24.2 Å². The number of aryl methyl sites for hydroxylation is 1. The van der Waals surface area contributed by atoms with Crippen LogP contribution in [0.25, 0.3) is 0 Å². The van der Waals surface area contributed by atoms with E-state index in [1.807, 2.05) is 11.7 Å². The molecule has 2 aromatic rings. The number of halogens is 2. The van der Waals surface area contributed by atoms with Crippen LogP contribution < -0.4 is 5.32 Å². The van der Waals surface area contributed by atoms with Gasteiger partial charge in [0.05, 0.1) is 23.0 Å². The maximum Gasteiger partial charge on any atom is 0.0837 e. The lowest BCUT2D eigenvalue weighted by atomic mass is 10.0. The van der Waals surface area contributed by atoms with Gasteiger partial charge in [-0.25, -0.2) is 0 Å². The van der Waals surface area contributed by atoms with Crippen LogP contribution in [0.4, 0.5) is 0 Å². The van der Waals surface area contributed by atoms with Crippen molar-refractivity contribution in [2.24, 2.45) is 0 Å². The van der Waals surface area contributed by atoms with Crippen molar-refractivity contribution >= 4 is 34.2 Å². The first-order valence-corrected chi connectivity index (χ1v) is 7.27. The van der Waals surface area contributed by atoms with Gasteiger partial charge in [0.1, 0.15) is 0 Å². The van der Waals surface area contributed by atoms with Crippen molar-refractivity contribution in [3.8, 4) is 0 Å². The van der Waals surface area contributed by atoms with Gasteiger partial charge in [-0.3, -0.25) is 4.68 Å². The third kappa shape index (κ3) is 2.70. The molecule has 0 spiro atoms. The summed E-state index contributed by atoms with van der Waals surface area (Å²) in [6.07, 6.45) is 1.71. The van der Waals surface area contributed by atoms with Gasteiger partial charge in [-0.05, 0) is 54.3 Å². The van der Waals surface area contributed by atoms with E-state index < -0.39 is 0 Å². The van der Waals surface area contributed by atoms with Gasteiger partial charge >= 0.3 is 0 Å². The average Bonchev–Trinajstić information content (AvgIpc) is 2.74. The van der Waals surface area contributed by atoms with Crippen molar-refractivity contribution in [1.29, 1.82) is 0 Å². The third-order valence-corrected chi connectivity index (χ3v) is 3.91. The molecule has 0 aliphatic heterocycles. The molecule has 2 rings (SSSR count). The largest absolute Gasteiger partial charge is 0.308 e. The summed E-state index contributed by atoms with van der Waals surface area (Å²) >= 11 is 8.56. The molecule has 0 saturated carbocycles. The molecule has 18 heavy (non-hydrogen) atoms. The quantitative estimate of drug-likeness (QED) is 0.829. The minimum absolute atomic E-state index is 0.0666. The topological polar surface area (TPSA) is 29.9 Å². The summed E-state index contributed by atoms with van der Waals surface area (Å²) in [5.41, 5.74) is 2.21. The first-order valence-electron chi connectivity index (χ1n) is 5.81. The van der Waals surface area contributed by atoms with Gasteiger partial charge in [0.25, 0.3) is 0 Å². The molecular weight excluding hydrogens is 361 g/mol. The number of hydrogen-bond donors (Lipinski definition) is 1. The highest BCUT2D eigenvalue weighted by atomic mass is 127. The summed E-state index contributed by atoms with van der Waals surface area (Å²) in [7, 11) is 1.94. The van der Waals surface area contributed by atoms with Gasteiger partial charge in [-0.15, -0.1) is 0 Å². The number of hydrogen-bond acceptors (Lipinski definition) is 2. The lowest BCUT2D eigenvalue weighted by Crippen LogP contribution is -2.21. The summed E-state index contributed by atoms with van der Waals surface area (Å²) in [5.74, 6) is 0. The van der Waals surface area contributed by atoms with Gasteiger partial charge in [0, 0.05) is 10.1 Å². The summed E-state index contributed by atoms with van der Waals surface area (Å²) in [5, 5.41) is 8.30. The highest BCUT2D eigenvalue weighted by Gasteiger charge is 2.20. The Bertz CT molecular complexity index is 522. The monoisotopic (exact) mass is 375 g/mol. The molecule has 5 heteroatoms. The fraction of sp³-hybridized carbons (Fsp3) is 0.308. The molecular formula is C13H15ClIN3. The Hall–Kier alpha value is -0.590. The highest BCUT2D eigenvalue weighted by Crippen LogP contribution is 2.28. The van der Waals surface area contributed by atoms with Crippen LogP contribution in [-0.4, -0.2) is 16.8 Å². The Morgan fingerprint density at radius 2 is 2.06 bits per heavy atom. The molecule has 1 atom stereocenters. The van der Waals surface area contributed by atoms with Crippen LogP contribution in [0.15, 0.2) is 30.5 Å². The number of aromatic nitrogens is 2. The highest BCUT2D eigenvalue weighted by molar-refractivity contribution is 14.1. The molecule has 1 N–H and O–H groups in total. The van der Waals surface area contributed by atoms with E-state index in [9.17, 15) is 0 Å². The van der Waals surface area contributed by atoms with Crippen molar-refractivity contribution in [3.63, 3.8) is 0 Å². The second-order valence-corrected chi connectivity index (χ2v) is 5.62. The molecule has 0 radical (unpaired) electrons. The van der Waals surface area contributed by atoms with Crippen LogP contribution in [-0.2, 0) is 6.54 Å². The van der Waals surface area contributed by atoms with E-state index >= 15 is 0 Å². The van der Waals surface area contributed by atoms with E-state index in [1.165, 1.54) is 9.13 Å². The third-order valence-electron chi connectivity index (χ3n) is 2.90. The molecule has 0 amide bonds. The van der Waals surface area contributed by atoms with Gasteiger partial charge in [-0.2, -0.15) is 5.10 Å². The fourth-order valence-corrected chi connectivity index (χ4v) is 2.64. The second kappa shape index (κ2) is 6.04. The molecule has 96 valence electrons. The van der Waals surface area contributed by atoms with Crippen LogP contribution >= 0.6 is 34.2 Å². The number of rotatable bonds is 4. The molecule has 1 aromatic carbocycles. The predicted octanol–water partition coefficient (Wildman–Crippen LogP) is 3.47. The Kier molecular flexibility index (Phi) is 4.64. The molecule has 0 fully saturated rings. The van der Waals surface area contributed by atoms with Crippen molar-refractivity contribution in [2.45, 2.75) is 19.5 Å². The molecule has 1 aromatic heterocycles. The van der Waals surface area contributed by atoms with Crippen molar-refractivity contribution in [3.05, 3.63) is 50.3 Å². The molecule has 1 unspecified atom stereocenters. The minimum atomic E-state index is 0.0666.